The molecule has 1 rings (SSSR count). The van der Waals surface area contributed by atoms with Gasteiger partial charge in [0.05, 0.1) is 6.61 Å². The monoisotopic (exact) mass is 257 g/mol. The Hall–Kier alpha value is -1.39. The number of benzene rings is 1. The predicted molar refractivity (Wildman–Crippen MR) is 58.8 cm³/mol. The fourth-order valence-corrected chi connectivity index (χ4v) is 1.39. The minimum atomic E-state index is -0.985. The van der Waals surface area contributed by atoms with Gasteiger partial charge < -0.3 is 22.9 Å². The quantitative estimate of drug-likeness (QED) is 0.364. The lowest BCUT2D eigenvalue weighted by atomic mass is 10.0. The minimum Gasteiger partial charge on any atom is -1.00 e. The summed E-state index contributed by atoms with van der Waals surface area (Å²) >= 11 is 0. The van der Waals surface area contributed by atoms with E-state index >= 15 is 0 Å². The second kappa shape index (κ2) is 7.04. The Kier molecular flexibility index (Phi) is 6.46. The number of carbonyl (C=O) groups is 2. The number of hydrogen-bond donors (Lipinski definition) is 1. The van der Waals surface area contributed by atoms with Gasteiger partial charge in [0, 0.05) is 5.56 Å². The van der Waals surface area contributed by atoms with Crippen LogP contribution in [-0.2, 0) is 9.53 Å². The minimum absolute atomic E-state index is 0. The lowest BCUT2D eigenvalue weighted by Crippen LogP contribution is -3.00. The molecule has 0 saturated carbocycles. The number of Topliss-reactive ketones (excluding diaryl/α,β-unsaturated/α-hetero) is 1. The summed E-state index contributed by atoms with van der Waals surface area (Å²) in [6.45, 7) is 3.78. The van der Waals surface area contributed by atoms with Crippen molar-refractivity contribution in [3.63, 3.8) is 0 Å². The molecular formula is C12H16ClNO3. The summed E-state index contributed by atoms with van der Waals surface area (Å²) in [6.07, 6.45) is 0. The highest BCUT2D eigenvalue weighted by Crippen LogP contribution is 2.09. The highest BCUT2D eigenvalue weighted by Gasteiger charge is 2.29. The van der Waals surface area contributed by atoms with Crippen molar-refractivity contribution in [2.24, 2.45) is 0 Å². The molecule has 0 heterocycles. The highest BCUT2D eigenvalue weighted by atomic mass is 35.5. The van der Waals surface area contributed by atoms with E-state index in [0.717, 1.165) is 5.56 Å². The Morgan fingerprint density at radius 1 is 1.35 bits per heavy atom. The third kappa shape index (κ3) is 3.84. The van der Waals surface area contributed by atoms with E-state index in [9.17, 15) is 9.59 Å². The van der Waals surface area contributed by atoms with Gasteiger partial charge in [0.1, 0.15) is 0 Å². The average Bonchev–Trinajstić information content (AvgIpc) is 2.28. The lowest BCUT2D eigenvalue weighted by Gasteiger charge is -2.08. The van der Waals surface area contributed by atoms with Gasteiger partial charge in [-0.15, -0.1) is 0 Å². The Bertz CT molecular complexity index is 406. The molecule has 1 unspecified atom stereocenters. The van der Waals surface area contributed by atoms with Gasteiger partial charge in [-0.3, -0.25) is 4.79 Å². The van der Waals surface area contributed by atoms with E-state index in [1.54, 1.807) is 19.1 Å². The molecule has 94 valence electrons. The predicted octanol–water partition coefficient (Wildman–Crippen LogP) is -2.64. The molecule has 4 nitrogen and oxygen atoms in total. The van der Waals surface area contributed by atoms with Gasteiger partial charge in [0.15, 0.2) is 0 Å². The third-order valence-corrected chi connectivity index (χ3v) is 2.30. The number of esters is 1. The van der Waals surface area contributed by atoms with Gasteiger partial charge in [-0.05, 0) is 19.4 Å². The van der Waals surface area contributed by atoms with Crippen LogP contribution >= 0.6 is 0 Å². The topological polar surface area (TPSA) is 71.0 Å². The number of ether oxygens (including phenoxy) is 1. The van der Waals surface area contributed by atoms with Gasteiger partial charge in [0.2, 0.25) is 11.8 Å². The maximum atomic E-state index is 11.9. The molecule has 0 amide bonds. The summed E-state index contributed by atoms with van der Waals surface area (Å²) < 4.78 is 4.76. The molecule has 1 aromatic rings. The van der Waals surface area contributed by atoms with Crippen LogP contribution in [-0.4, -0.2) is 24.4 Å². The molecule has 0 radical (unpaired) electrons. The van der Waals surface area contributed by atoms with Crippen molar-refractivity contribution < 1.29 is 32.5 Å². The van der Waals surface area contributed by atoms with Gasteiger partial charge in [0.25, 0.3) is 0 Å². The first-order valence-electron chi connectivity index (χ1n) is 5.17. The van der Waals surface area contributed by atoms with Crippen LogP contribution in [0.5, 0.6) is 0 Å². The maximum Gasteiger partial charge on any atom is 0.373 e. The molecule has 17 heavy (non-hydrogen) atoms. The zero-order chi connectivity index (χ0) is 12.1. The molecule has 1 aromatic carbocycles. The zero-order valence-corrected chi connectivity index (χ0v) is 10.7. The first-order valence-corrected chi connectivity index (χ1v) is 5.17. The molecule has 0 spiro atoms. The van der Waals surface area contributed by atoms with E-state index in [-0.39, 0.29) is 24.8 Å². The van der Waals surface area contributed by atoms with Crippen LogP contribution < -0.4 is 18.1 Å². The van der Waals surface area contributed by atoms with E-state index in [1.807, 2.05) is 19.1 Å². The largest absolute Gasteiger partial charge is 1.00 e. The molecule has 0 saturated heterocycles. The van der Waals surface area contributed by atoms with Crippen LogP contribution in [0.1, 0.15) is 22.8 Å². The summed E-state index contributed by atoms with van der Waals surface area (Å²) in [6, 6.07) is 6.13. The summed E-state index contributed by atoms with van der Waals surface area (Å²) in [7, 11) is 0. The summed E-state index contributed by atoms with van der Waals surface area (Å²) in [5, 5.41) is 0. The summed E-state index contributed by atoms with van der Waals surface area (Å²) in [5.41, 5.74) is 4.91. The second-order valence-electron chi connectivity index (χ2n) is 3.48. The van der Waals surface area contributed by atoms with Crippen LogP contribution in [0.2, 0.25) is 0 Å². The highest BCUT2D eigenvalue weighted by molar-refractivity contribution is 6.11. The molecule has 0 aliphatic heterocycles. The fourth-order valence-electron chi connectivity index (χ4n) is 1.39. The van der Waals surface area contributed by atoms with E-state index in [2.05, 4.69) is 5.73 Å². The van der Waals surface area contributed by atoms with Gasteiger partial charge in [-0.25, -0.2) is 4.79 Å². The van der Waals surface area contributed by atoms with Crippen molar-refractivity contribution in [1.29, 1.82) is 0 Å². The molecule has 5 heteroatoms. The molecule has 1 atom stereocenters. The third-order valence-electron chi connectivity index (χ3n) is 2.30. The van der Waals surface area contributed by atoms with Crippen LogP contribution in [0.15, 0.2) is 24.3 Å². The number of aryl methyl sites for hydroxylation is 1. The molecule has 3 N–H and O–H groups in total. The number of ketones is 1. The first-order chi connectivity index (χ1) is 7.57. The average molecular weight is 258 g/mol. The molecule has 0 aliphatic rings. The molecule has 0 fully saturated rings. The van der Waals surface area contributed by atoms with Crippen LogP contribution in [0.4, 0.5) is 0 Å². The first kappa shape index (κ1) is 15.6. The summed E-state index contributed by atoms with van der Waals surface area (Å²) in [4.78, 5) is 23.3. The van der Waals surface area contributed by atoms with Gasteiger partial charge in [-0.2, -0.15) is 0 Å². The van der Waals surface area contributed by atoms with Crippen molar-refractivity contribution in [1.82, 2.24) is 0 Å². The van der Waals surface area contributed by atoms with E-state index < -0.39 is 12.0 Å². The number of carbonyl (C=O) groups excluding carboxylic acids is 2. The number of hydrogen-bond acceptors (Lipinski definition) is 3. The van der Waals surface area contributed by atoms with E-state index in [1.165, 1.54) is 0 Å². The van der Waals surface area contributed by atoms with E-state index in [0.29, 0.717) is 5.56 Å². The van der Waals surface area contributed by atoms with Crippen LogP contribution in [0, 0.1) is 6.92 Å². The van der Waals surface area contributed by atoms with Crippen molar-refractivity contribution >= 4 is 11.8 Å². The number of halogens is 1. The Labute approximate surface area is 107 Å². The second-order valence-corrected chi connectivity index (χ2v) is 3.48. The van der Waals surface area contributed by atoms with Crippen molar-refractivity contribution in [2.75, 3.05) is 6.61 Å². The Balaban J connectivity index is 0.00000256. The maximum absolute atomic E-state index is 11.9. The SMILES string of the molecule is CCOC(=O)C([NH3+])C(=O)c1ccccc1C.[Cl-]. The normalized spacial score (nSPS) is 11.2. The fraction of sp³-hybridized carbons (Fsp3) is 0.333. The smallest absolute Gasteiger partial charge is 0.373 e. The number of quaternary nitrogens is 1. The molecular weight excluding hydrogens is 242 g/mol. The zero-order valence-electron chi connectivity index (χ0n) is 9.90. The van der Waals surface area contributed by atoms with Crippen LogP contribution in [0.25, 0.3) is 0 Å². The summed E-state index contributed by atoms with van der Waals surface area (Å²) in [5.74, 6) is -0.868. The Morgan fingerprint density at radius 2 is 1.94 bits per heavy atom. The van der Waals surface area contributed by atoms with Crippen molar-refractivity contribution in [3.8, 4) is 0 Å². The lowest BCUT2D eigenvalue weighted by molar-refractivity contribution is -0.388. The standard InChI is InChI=1S/C12H15NO3.ClH/c1-3-16-12(15)10(13)11(14)9-7-5-4-6-8(9)2;/h4-7,10H,3,13H2,1-2H3;1H. The van der Waals surface area contributed by atoms with Gasteiger partial charge in [-0.1, -0.05) is 24.3 Å². The molecule has 0 bridgehead atoms. The molecule has 0 aromatic heterocycles. The number of rotatable bonds is 4. The van der Waals surface area contributed by atoms with Crippen molar-refractivity contribution in [2.45, 2.75) is 19.9 Å². The molecule has 0 aliphatic carbocycles. The van der Waals surface area contributed by atoms with Crippen molar-refractivity contribution in [3.05, 3.63) is 35.4 Å². The van der Waals surface area contributed by atoms with E-state index in [4.69, 9.17) is 4.74 Å². The Morgan fingerprint density at radius 3 is 2.47 bits per heavy atom. The van der Waals surface area contributed by atoms with Crippen LogP contribution in [0.3, 0.4) is 0 Å². The van der Waals surface area contributed by atoms with Gasteiger partial charge >= 0.3 is 5.97 Å².